The highest BCUT2D eigenvalue weighted by atomic mass is 32.1. The van der Waals surface area contributed by atoms with Crippen LogP contribution in [0, 0.1) is 13.8 Å². The number of rotatable bonds is 2. The largest absolute Gasteiger partial charge is 0.224 e. The van der Waals surface area contributed by atoms with Gasteiger partial charge in [-0.3, -0.25) is 0 Å². The van der Waals surface area contributed by atoms with Crippen LogP contribution in [0.4, 0.5) is 0 Å². The van der Waals surface area contributed by atoms with E-state index in [1.165, 1.54) is 11.5 Å². The predicted molar refractivity (Wildman–Crippen MR) is 52.1 cm³/mol. The van der Waals surface area contributed by atoms with Gasteiger partial charge in [0.25, 0.3) is 0 Å². The molecule has 0 aliphatic rings. The Morgan fingerprint density at radius 2 is 2.00 bits per heavy atom. The van der Waals surface area contributed by atoms with Gasteiger partial charge in [-0.2, -0.15) is 4.37 Å². The van der Waals surface area contributed by atoms with Crippen LogP contribution in [-0.4, -0.2) is 19.6 Å². The van der Waals surface area contributed by atoms with Crippen LogP contribution < -0.4 is 0 Å². The summed E-state index contributed by atoms with van der Waals surface area (Å²) in [5.41, 5.74) is 0. The Balaban J connectivity index is 2.14. The highest BCUT2D eigenvalue weighted by Crippen LogP contribution is 2.12. The van der Waals surface area contributed by atoms with Crippen molar-refractivity contribution in [1.29, 1.82) is 0 Å². The molecule has 0 spiro atoms. The first-order valence-corrected chi connectivity index (χ1v) is 5.41. The Bertz CT molecular complexity index is 368. The molecule has 68 valence electrons. The molecule has 2 aromatic heterocycles. The molecule has 13 heavy (non-hydrogen) atoms. The fourth-order valence-electron chi connectivity index (χ4n) is 0.957. The van der Waals surface area contributed by atoms with Crippen molar-refractivity contribution in [3.8, 4) is 0 Å². The maximum absolute atomic E-state index is 4.26. The van der Waals surface area contributed by atoms with Crippen LogP contribution in [0.5, 0.6) is 0 Å². The Morgan fingerprint density at radius 3 is 2.54 bits per heavy atom. The Morgan fingerprint density at radius 1 is 1.15 bits per heavy atom. The van der Waals surface area contributed by atoms with Crippen LogP contribution in [0.1, 0.15) is 20.8 Å². The molecule has 0 aliphatic heterocycles. The lowest BCUT2D eigenvalue weighted by Crippen LogP contribution is -1.89. The fraction of sp³-hybridized carbons (Fsp3) is 0.429. The van der Waals surface area contributed by atoms with Crippen molar-refractivity contribution in [3.63, 3.8) is 0 Å². The Labute approximate surface area is 83.9 Å². The first-order chi connectivity index (χ1) is 6.24. The Hall–Kier alpha value is -0.880. The van der Waals surface area contributed by atoms with E-state index in [4.69, 9.17) is 0 Å². The van der Waals surface area contributed by atoms with E-state index >= 15 is 0 Å². The van der Waals surface area contributed by atoms with Gasteiger partial charge in [0.2, 0.25) is 0 Å². The lowest BCUT2D eigenvalue weighted by atomic mass is 10.4. The molecule has 0 amide bonds. The van der Waals surface area contributed by atoms with E-state index in [1.54, 1.807) is 11.3 Å². The van der Waals surface area contributed by atoms with Crippen molar-refractivity contribution >= 4 is 22.9 Å². The second-order valence-electron chi connectivity index (χ2n) is 2.62. The first-order valence-electron chi connectivity index (χ1n) is 3.82. The normalized spacial score (nSPS) is 10.6. The molecule has 0 radical (unpaired) electrons. The summed E-state index contributed by atoms with van der Waals surface area (Å²) >= 11 is 3.02. The summed E-state index contributed by atoms with van der Waals surface area (Å²) < 4.78 is 4.19. The molecule has 2 heterocycles. The predicted octanol–water partition coefficient (Wildman–Crippen LogP) is 1.60. The summed E-state index contributed by atoms with van der Waals surface area (Å²) in [5, 5.41) is 10.9. The van der Waals surface area contributed by atoms with Gasteiger partial charge < -0.3 is 0 Å². The number of nitrogens with zero attached hydrogens (tertiary/aromatic N) is 4. The zero-order valence-electron chi connectivity index (χ0n) is 7.31. The molecule has 0 saturated carbocycles. The molecule has 6 heteroatoms. The molecular formula is C7H8N4S2. The van der Waals surface area contributed by atoms with Crippen molar-refractivity contribution in [2.75, 3.05) is 0 Å². The SMILES string of the molecule is Cc1nc(Cc2nnc(C)s2)ns1. The minimum Gasteiger partial charge on any atom is -0.224 e. The van der Waals surface area contributed by atoms with E-state index in [0.29, 0.717) is 6.42 Å². The third-order valence-corrected chi connectivity index (χ3v) is 2.94. The average molecular weight is 212 g/mol. The van der Waals surface area contributed by atoms with Gasteiger partial charge in [-0.25, -0.2) is 4.98 Å². The third-order valence-electron chi connectivity index (χ3n) is 1.45. The minimum absolute atomic E-state index is 0.704. The zero-order chi connectivity index (χ0) is 9.26. The molecule has 2 rings (SSSR count). The van der Waals surface area contributed by atoms with Crippen LogP contribution in [0.25, 0.3) is 0 Å². The smallest absolute Gasteiger partial charge is 0.149 e. The van der Waals surface area contributed by atoms with Crippen molar-refractivity contribution in [1.82, 2.24) is 19.6 Å². The summed E-state index contributed by atoms with van der Waals surface area (Å²) in [7, 11) is 0. The van der Waals surface area contributed by atoms with Gasteiger partial charge in [-0.05, 0) is 25.4 Å². The lowest BCUT2D eigenvalue weighted by Gasteiger charge is -1.85. The molecule has 0 N–H and O–H groups in total. The molecule has 4 nitrogen and oxygen atoms in total. The van der Waals surface area contributed by atoms with Crippen molar-refractivity contribution in [2.24, 2.45) is 0 Å². The van der Waals surface area contributed by atoms with Crippen LogP contribution in [0.15, 0.2) is 0 Å². The standard InChI is InChI=1S/C7H8N4S2/c1-4-8-6(11-13-4)3-7-10-9-5(2)12-7/h3H2,1-2H3. The van der Waals surface area contributed by atoms with E-state index in [9.17, 15) is 0 Å². The number of aryl methyl sites for hydroxylation is 2. The van der Waals surface area contributed by atoms with E-state index in [1.807, 2.05) is 13.8 Å². The second-order valence-corrected chi connectivity index (χ2v) is 4.84. The van der Waals surface area contributed by atoms with E-state index in [0.717, 1.165) is 20.8 Å². The van der Waals surface area contributed by atoms with Gasteiger partial charge in [0.05, 0.1) is 6.42 Å². The topological polar surface area (TPSA) is 51.6 Å². The number of hydrogen-bond donors (Lipinski definition) is 0. The fourth-order valence-corrected chi connectivity index (χ4v) is 2.15. The molecule has 0 bridgehead atoms. The number of aromatic nitrogens is 4. The summed E-state index contributed by atoms with van der Waals surface area (Å²) in [5.74, 6) is 0.846. The van der Waals surface area contributed by atoms with Crippen LogP contribution in [0.3, 0.4) is 0 Å². The van der Waals surface area contributed by atoms with Crippen molar-refractivity contribution in [2.45, 2.75) is 20.3 Å². The van der Waals surface area contributed by atoms with Crippen molar-refractivity contribution < 1.29 is 0 Å². The highest BCUT2D eigenvalue weighted by Gasteiger charge is 2.05. The Kier molecular flexibility index (Phi) is 2.32. The molecule has 0 fully saturated rings. The molecule has 0 aliphatic carbocycles. The average Bonchev–Trinajstić information content (AvgIpc) is 2.62. The van der Waals surface area contributed by atoms with E-state index in [2.05, 4.69) is 19.6 Å². The zero-order valence-corrected chi connectivity index (χ0v) is 8.95. The summed E-state index contributed by atoms with van der Waals surface area (Å²) in [6.45, 7) is 3.90. The lowest BCUT2D eigenvalue weighted by molar-refractivity contribution is 0.942. The van der Waals surface area contributed by atoms with Crippen LogP contribution in [-0.2, 0) is 6.42 Å². The highest BCUT2D eigenvalue weighted by molar-refractivity contribution is 7.11. The van der Waals surface area contributed by atoms with Gasteiger partial charge in [-0.15, -0.1) is 21.5 Å². The van der Waals surface area contributed by atoms with E-state index < -0.39 is 0 Å². The van der Waals surface area contributed by atoms with Crippen molar-refractivity contribution in [3.05, 3.63) is 20.8 Å². The summed E-state index contributed by atoms with van der Waals surface area (Å²) in [4.78, 5) is 4.26. The van der Waals surface area contributed by atoms with E-state index in [-0.39, 0.29) is 0 Å². The number of hydrogen-bond acceptors (Lipinski definition) is 6. The van der Waals surface area contributed by atoms with Gasteiger partial charge in [0.1, 0.15) is 20.8 Å². The molecular weight excluding hydrogens is 204 g/mol. The van der Waals surface area contributed by atoms with Gasteiger partial charge >= 0.3 is 0 Å². The monoisotopic (exact) mass is 212 g/mol. The van der Waals surface area contributed by atoms with Crippen LogP contribution in [0.2, 0.25) is 0 Å². The summed E-state index contributed by atoms with van der Waals surface area (Å²) in [6.07, 6.45) is 0.704. The van der Waals surface area contributed by atoms with Gasteiger partial charge in [-0.1, -0.05) is 0 Å². The van der Waals surface area contributed by atoms with Gasteiger partial charge in [0.15, 0.2) is 0 Å². The maximum atomic E-state index is 4.26. The molecule has 0 atom stereocenters. The quantitative estimate of drug-likeness (QED) is 0.758. The molecule has 2 aromatic rings. The van der Waals surface area contributed by atoms with Gasteiger partial charge in [0, 0.05) is 0 Å². The second kappa shape index (κ2) is 3.47. The van der Waals surface area contributed by atoms with Crippen LogP contribution >= 0.6 is 22.9 Å². The molecule has 0 unspecified atom stereocenters. The third kappa shape index (κ3) is 2.07. The summed E-state index contributed by atoms with van der Waals surface area (Å²) in [6, 6.07) is 0. The maximum Gasteiger partial charge on any atom is 0.149 e. The minimum atomic E-state index is 0.704. The molecule has 0 saturated heterocycles. The molecule has 0 aromatic carbocycles. The first kappa shape index (κ1) is 8.71.